The lowest BCUT2D eigenvalue weighted by Crippen LogP contribution is -2.13. The van der Waals surface area contributed by atoms with E-state index in [9.17, 15) is 18.5 Å². The highest BCUT2D eigenvalue weighted by Crippen LogP contribution is 2.19. The summed E-state index contributed by atoms with van der Waals surface area (Å²) < 4.78 is 31.5. The molecule has 0 aliphatic carbocycles. The molecule has 3 rings (SSSR count). The molecule has 27 heavy (non-hydrogen) atoms. The standard InChI is InChI=1S/C20H18N2O4S/c1-15-5-7-17(8-6-15)27(24,25)11-9-20(23)26-14-16-13-22-10-3-2-4-19(22)18(16)12-21/h2-8,10,13H,9,11,14H2,1H3. The summed E-state index contributed by atoms with van der Waals surface area (Å²) in [6.45, 7) is 1.79. The maximum absolute atomic E-state index is 12.3. The number of aryl methyl sites for hydroxylation is 1. The van der Waals surface area contributed by atoms with Crippen LogP contribution in [-0.4, -0.2) is 24.5 Å². The largest absolute Gasteiger partial charge is 0.461 e. The van der Waals surface area contributed by atoms with Crippen LogP contribution in [0.15, 0.2) is 59.8 Å². The fraction of sp³-hybridized carbons (Fsp3) is 0.200. The number of fused-ring (bicyclic) bond motifs is 1. The number of benzene rings is 1. The van der Waals surface area contributed by atoms with Crippen molar-refractivity contribution in [3.05, 3.63) is 71.5 Å². The Morgan fingerprint density at radius 3 is 2.63 bits per heavy atom. The van der Waals surface area contributed by atoms with E-state index in [4.69, 9.17) is 4.74 Å². The van der Waals surface area contributed by atoms with Gasteiger partial charge >= 0.3 is 5.97 Å². The summed E-state index contributed by atoms with van der Waals surface area (Å²) in [5, 5.41) is 9.34. The Kier molecular flexibility index (Phi) is 5.28. The normalized spacial score (nSPS) is 11.3. The quantitative estimate of drug-likeness (QED) is 0.612. The number of rotatable bonds is 6. The first-order valence-electron chi connectivity index (χ1n) is 8.34. The molecule has 0 N–H and O–H groups in total. The lowest BCUT2D eigenvalue weighted by molar-refractivity contribution is -0.144. The summed E-state index contributed by atoms with van der Waals surface area (Å²) >= 11 is 0. The molecular formula is C20H18N2O4S. The lowest BCUT2D eigenvalue weighted by atomic mass is 10.2. The van der Waals surface area contributed by atoms with Crippen molar-refractivity contribution in [2.75, 3.05) is 5.75 Å². The average molecular weight is 382 g/mol. The van der Waals surface area contributed by atoms with Crippen molar-refractivity contribution < 1.29 is 17.9 Å². The monoisotopic (exact) mass is 382 g/mol. The lowest BCUT2D eigenvalue weighted by Gasteiger charge is -2.06. The number of carbonyl (C=O) groups is 1. The fourth-order valence-electron chi connectivity index (χ4n) is 2.73. The molecule has 138 valence electrons. The second kappa shape index (κ2) is 7.64. The van der Waals surface area contributed by atoms with Gasteiger partial charge in [-0.2, -0.15) is 5.26 Å². The molecule has 0 bridgehead atoms. The van der Waals surface area contributed by atoms with Gasteiger partial charge in [0.1, 0.15) is 12.7 Å². The summed E-state index contributed by atoms with van der Waals surface area (Å²) in [4.78, 5) is 12.2. The van der Waals surface area contributed by atoms with Gasteiger partial charge in [-0.15, -0.1) is 0 Å². The minimum absolute atomic E-state index is 0.0754. The zero-order chi connectivity index (χ0) is 19.4. The van der Waals surface area contributed by atoms with Crippen LogP contribution in [0.1, 0.15) is 23.1 Å². The van der Waals surface area contributed by atoms with Gasteiger partial charge in [-0.05, 0) is 31.2 Å². The first-order chi connectivity index (χ1) is 12.9. The van der Waals surface area contributed by atoms with E-state index >= 15 is 0 Å². The molecule has 1 aromatic carbocycles. The summed E-state index contributed by atoms with van der Waals surface area (Å²) in [6, 6.07) is 14.1. The summed E-state index contributed by atoms with van der Waals surface area (Å²) in [5.41, 5.74) is 2.71. The molecule has 0 saturated heterocycles. The summed E-state index contributed by atoms with van der Waals surface area (Å²) in [6.07, 6.45) is 3.28. The van der Waals surface area contributed by atoms with Crippen LogP contribution in [0, 0.1) is 18.3 Å². The van der Waals surface area contributed by atoms with E-state index in [1.54, 1.807) is 35.0 Å². The van der Waals surface area contributed by atoms with Gasteiger partial charge in [0, 0.05) is 18.0 Å². The molecule has 0 radical (unpaired) electrons. The Morgan fingerprint density at radius 1 is 1.19 bits per heavy atom. The summed E-state index contributed by atoms with van der Waals surface area (Å²) in [7, 11) is -3.55. The topological polar surface area (TPSA) is 88.6 Å². The van der Waals surface area contributed by atoms with Crippen LogP contribution in [0.3, 0.4) is 0 Å². The number of hydrogen-bond donors (Lipinski definition) is 0. The third kappa shape index (κ3) is 4.18. The van der Waals surface area contributed by atoms with Gasteiger partial charge in [0.05, 0.1) is 28.1 Å². The van der Waals surface area contributed by atoms with E-state index in [-0.39, 0.29) is 23.7 Å². The van der Waals surface area contributed by atoms with Crippen molar-refractivity contribution in [2.45, 2.75) is 24.8 Å². The Labute approximate surface area is 157 Å². The van der Waals surface area contributed by atoms with Gasteiger partial charge in [-0.3, -0.25) is 4.79 Å². The van der Waals surface area contributed by atoms with Gasteiger partial charge in [-0.1, -0.05) is 23.8 Å². The van der Waals surface area contributed by atoms with Gasteiger partial charge in [0.15, 0.2) is 9.84 Å². The first kappa shape index (κ1) is 18.7. The van der Waals surface area contributed by atoms with Crippen molar-refractivity contribution in [1.82, 2.24) is 4.40 Å². The molecule has 6 nitrogen and oxygen atoms in total. The third-order valence-corrected chi connectivity index (χ3v) is 5.95. The molecule has 0 spiro atoms. The molecule has 0 saturated carbocycles. The number of sulfone groups is 1. The zero-order valence-electron chi connectivity index (χ0n) is 14.8. The minimum Gasteiger partial charge on any atom is -0.461 e. The Morgan fingerprint density at radius 2 is 1.93 bits per heavy atom. The molecule has 7 heteroatoms. The predicted molar refractivity (Wildman–Crippen MR) is 99.8 cm³/mol. The maximum atomic E-state index is 12.3. The number of aromatic nitrogens is 1. The van der Waals surface area contributed by atoms with E-state index < -0.39 is 15.8 Å². The smallest absolute Gasteiger partial charge is 0.307 e. The van der Waals surface area contributed by atoms with Gasteiger partial charge in [-0.25, -0.2) is 8.42 Å². The zero-order valence-corrected chi connectivity index (χ0v) is 15.6. The molecule has 0 amide bonds. The molecular weight excluding hydrogens is 364 g/mol. The Balaban J connectivity index is 1.62. The third-order valence-electron chi connectivity index (χ3n) is 4.22. The van der Waals surface area contributed by atoms with E-state index in [2.05, 4.69) is 6.07 Å². The van der Waals surface area contributed by atoms with Crippen LogP contribution in [0.25, 0.3) is 5.52 Å². The highest BCUT2D eigenvalue weighted by atomic mass is 32.2. The molecule has 2 heterocycles. The molecule has 0 unspecified atom stereocenters. The van der Waals surface area contributed by atoms with E-state index in [1.165, 1.54) is 12.1 Å². The van der Waals surface area contributed by atoms with Crippen LogP contribution in [0.2, 0.25) is 0 Å². The van der Waals surface area contributed by atoms with Crippen LogP contribution in [0.4, 0.5) is 0 Å². The maximum Gasteiger partial charge on any atom is 0.307 e. The minimum atomic E-state index is -3.55. The van der Waals surface area contributed by atoms with E-state index in [0.29, 0.717) is 11.1 Å². The van der Waals surface area contributed by atoms with E-state index in [1.807, 2.05) is 19.1 Å². The molecule has 0 atom stereocenters. The first-order valence-corrected chi connectivity index (χ1v) is 9.99. The number of nitriles is 1. The Bertz CT molecular complexity index is 1120. The second-order valence-electron chi connectivity index (χ2n) is 6.18. The molecule has 0 aliphatic rings. The van der Waals surface area contributed by atoms with Gasteiger partial charge in [0.2, 0.25) is 0 Å². The number of pyridine rings is 1. The predicted octanol–water partition coefficient (Wildman–Crippen LogP) is 3.03. The average Bonchev–Trinajstić information content (AvgIpc) is 3.02. The van der Waals surface area contributed by atoms with Crippen molar-refractivity contribution in [3.8, 4) is 6.07 Å². The number of carbonyl (C=O) groups excluding carboxylic acids is 1. The molecule has 2 aromatic heterocycles. The van der Waals surface area contributed by atoms with Gasteiger partial charge < -0.3 is 9.14 Å². The molecule has 0 aliphatic heterocycles. The second-order valence-corrected chi connectivity index (χ2v) is 8.29. The fourth-order valence-corrected chi connectivity index (χ4v) is 3.95. The van der Waals surface area contributed by atoms with Crippen LogP contribution < -0.4 is 0 Å². The Hall–Kier alpha value is -3.11. The summed E-state index contributed by atoms with van der Waals surface area (Å²) in [5.74, 6) is -0.942. The SMILES string of the molecule is Cc1ccc(S(=O)(=O)CCC(=O)OCc2cn3ccccc3c2C#N)cc1. The molecule has 0 fully saturated rings. The van der Waals surface area contributed by atoms with E-state index in [0.717, 1.165) is 11.1 Å². The van der Waals surface area contributed by atoms with Crippen LogP contribution in [-0.2, 0) is 26.0 Å². The van der Waals surface area contributed by atoms with Crippen molar-refractivity contribution >= 4 is 21.3 Å². The number of nitrogens with zero attached hydrogens (tertiary/aromatic N) is 2. The van der Waals surface area contributed by atoms with Crippen LogP contribution in [0.5, 0.6) is 0 Å². The number of ether oxygens (including phenoxy) is 1. The van der Waals surface area contributed by atoms with Crippen LogP contribution >= 0.6 is 0 Å². The number of esters is 1. The number of hydrogen-bond acceptors (Lipinski definition) is 5. The van der Waals surface area contributed by atoms with Crippen molar-refractivity contribution in [1.29, 1.82) is 5.26 Å². The highest BCUT2D eigenvalue weighted by Gasteiger charge is 2.18. The highest BCUT2D eigenvalue weighted by molar-refractivity contribution is 7.91. The molecule has 3 aromatic rings. The van der Waals surface area contributed by atoms with Gasteiger partial charge in [0.25, 0.3) is 0 Å². The van der Waals surface area contributed by atoms with Crippen molar-refractivity contribution in [2.24, 2.45) is 0 Å². The van der Waals surface area contributed by atoms with Crippen molar-refractivity contribution in [3.63, 3.8) is 0 Å².